The van der Waals surface area contributed by atoms with Crippen LogP contribution in [0.25, 0.3) is 0 Å². The van der Waals surface area contributed by atoms with Gasteiger partial charge in [-0.2, -0.15) is 11.8 Å². The molecule has 2 N–H and O–H groups in total. The summed E-state index contributed by atoms with van der Waals surface area (Å²) in [7, 11) is 1.67. The van der Waals surface area contributed by atoms with Crippen molar-refractivity contribution in [3.05, 3.63) is 58.7 Å². The van der Waals surface area contributed by atoms with Gasteiger partial charge in [-0.1, -0.05) is 29.3 Å². The molecule has 0 aliphatic carbocycles. The highest BCUT2D eigenvalue weighted by Crippen LogP contribution is 2.24. The Balaban J connectivity index is 1.97. The zero-order valence-electron chi connectivity index (χ0n) is 12.3. The van der Waals surface area contributed by atoms with E-state index < -0.39 is 0 Å². The van der Waals surface area contributed by atoms with E-state index >= 15 is 0 Å². The second-order valence-corrected chi connectivity index (χ2v) is 6.09. The summed E-state index contributed by atoms with van der Waals surface area (Å²) < 4.78 is 5.24. The zero-order chi connectivity index (χ0) is 14.5. The molecule has 2 rings (SSSR count). The fourth-order valence-corrected chi connectivity index (χ4v) is 3.23. The number of nitrogens with two attached hydrogens (primary N) is 1. The maximum absolute atomic E-state index is 5.87. The minimum absolute atomic E-state index is 0.756. The van der Waals surface area contributed by atoms with Gasteiger partial charge in [0.15, 0.2) is 0 Å². The Morgan fingerprint density at radius 3 is 2.10 bits per heavy atom. The van der Waals surface area contributed by atoms with Gasteiger partial charge >= 0.3 is 0 Å². The number of ether oxygens (including phenoxy) is 1. The molecule has 0 radical (unpaired) electrons. The van der Waals surface area contributed by atoms with Crippen molar-refractivity contribution >= 4 is 17.4 Å². The molecule has 2 aromatic carbocycles. The van der Waals surface area contributed by atoms with E-state index in [1.165, 1.54) is 22.3 Å². The number of hydrogen-bond acceptors (Lipinski definition) is 3. The minimum atomic E-state index is 0.756. The van der Waals surface area contributed by atoms with Gasteiger partial charge in [-0.15, -0.1) is 0 Å². The smallest absolute Gasteiger partial charge is 0.121 e. The maximum Gasteiger partial charge on any atom is 0.121 e. The number of thioether (sulfide) groups is 1. The van der Waals surface area contributed by atoms with Crippen LogP contribution in [-0.2, 0) is 11.5 Å². The third-order valence-corrected chi connectivity index (χ3v) is 4.12. The summed E-state index contributed by atoms with van der Waals surface area (Å²) in [5.41, 5.74) is 11.9. The molecular weight excluding hydrogens is 266 g/mol. The Bertz CT molecular complexity index is 575. The van der Waals surface area contributed by atoms with Crippen molar-refractivity contribution in [3.8, 4) is 5.75 Å². The van der Waals surface area contributed by atoms with E-state index in [1.807, 2.05) is 30.0 Å². The van der Waals surface area contributed by atoms with Crippen LogP contribution < -0.4 is 10.5 Å². The van der Waals surface area contributed by atoms with E-state index in [0.29, 0.717) is 0 Å². The molecule has 0 fully saturated rings. The SMILES string of the molecule is COc1cc(N)cc(CSCc2cc(C)cc(C)c2)c1. The molecule has 20 heavy (non-hydrogen) atoms. The highest BCUT2D eigenvalue weighted by Gasteiger charge is 2.01. The molecule has 0 saturated carbocycles. The van der Waals surface area contributed by atoms with E-state index in [0.717, 1.165) is 22.9 Å². The van der Waals surface area contributed by atoms with Crippen LogP contribution in [0, 0.1) is 13.8 Å². The molecule has 106 valence electrons. The van der Waals surface area contributed by atoms with E-state index in [4.69, 9.17) is 10.5 Å². The van der Waals surface area contributed by atoms with Gasteiger partial charge < -0.3 is 10.5 Å². The minimum Gasteiger partial charge on any atom is -0.497 e. The Morgan fingerprint density at radius 1 is 0.900 bits per heavy atom. The predicted molar refractivity (Wildman–Crippen MR) is 88.3 cm³/mol. The van der Waals surface area contributed by atoms with Gasteiger partial charge in [0.25, 0.3) is 0 Å². The second-order valence-electron chi connectivity index (χ2n) is 5.10. The van der Waals surface area contributed by atoms with Gasteiger partial charge in [-0.05, 0) is 37.1 Å². The van der Waals surface area contributed by atoms with Crippen LogP contribution in [0.3, 0.4) is 0 Å². The summed E-state index contributed by atoms with van der Waals surface area (Å²) in [5.74, 6) is 2.78. The number of nitrogen functional groups attached to an aromatic ring is 1. The molecule has 0 spiro atoms. The quantitative estimate of drug-likeness (QED) is 0.831. The standard InChI is InChI=1S/C17H21NOS/c1-12-4-13(2)6-14(5-12)10-20-11-15-7-16(18)9-17(8-15)19-3/h4-9H,10-11,18H2,1-3H3. The van der Waals surface area contributed by atoms with Crippen molar-refractivity contribution in [1.82, 2.24) is 0 Å². The third-order valence-electron chi connectivity index (χ3n) is 3.04. The van der Waals surface area contributed by atoms with Gasteiger partial charge in [0.2, 0.25) is 0 Å². The fraction of sp³-hybridized carbons (Fsp3) is 0.294. The average Bonchev–Trinajstić information content (AvgIpc) is 2.37. The Hall–Kier alpha value is -1.61. The van der Waals surface area contributed by atoms with Crippen molar-refractivity contribution in [2.45, 2.75) is 25.4 Å². The molecule has 0 aliphatic rings. The van der Waals surface area contributed by atoms with E-state index in [1.54, 1.807) is 7.11 Å². The second kappa shape index (κ2) is 6.71. The lowest BCUT2D eigenvalue weighted by atomic mass is 10.1. The molecule has 0 heterocycles. The molecule has 0 amide bonds. The molecule has 0 aliphatic heterocycles. The monoisotopic (exact) mass is 287 g/mol. The van der Waals surface area contributed by atoms with E-state index in [9.17, 15) is 0 Å². The maximum atomic E-state index is 5.87. The predicted octanol–water partition coefficient (Wildman–Crippen LogP) is 4.33. The summed E-state index contributed by atoms with van der Waals surface area (Å²) >= 11 is 1.89. The van der Waals surface area contributed by atoms with Crippen LogP contribution in [0.15, 0.2) is 36.4 Å². The Labute approximate surface area is 125 Å². The summed E-state index contributed by atoms with van der Waals surface area (Å²) in [6, 6.07) is 12.6. The zero-order valence-corrected chi connectivity index (χ0v) is 13.1. The summed E-state index contributed by atoms with van der Waals surface area (Å²) in [6.07, 6.45) is 0. The lowest BCUT2D eigenvalue weighted by Gasteiger charge is -2.08. The van der Waals surface area contributed by atoms with Crippen molar-refractivity contribution in [2.24, 2.45) is 0 Å². The van der Waals surface area contributed by atoms with Crippen LogP contribution in [0.5, 0.6) is 5.75 Å². The molecule has 0 atom stereocenters. The summed E-state index contributed by atoms with van der Waals surface area (Å²) in [6.45, 7) is 4.29. The summed E-state index contributed by atoms with van der Waals surface area (Å²) in [5, 5.41) is 0. The van der Waals surface area contributed by atoms with Gasteiger partial charge in [-0.3, -0.25) is 0 Å². The van der Waals surface area contributed by atoms with Crippen LogP contribution in [0.1, 0.15) is 22.3 Å². The van der Waals surface area contributed by atoms with Crippen molar-refractivity contribution < 1.29 is 4.74 Å². The molecule has 3 heteroatoms. The first-order chi connectivity index (χ1) is 9.56. The molecular formula is C17H21NOS. The lowest BCUT2D eigenvalue weighted by Crippen LogP contribution is -1.92. The van der Waals surface area contributed by atoms with Crippen molar-refractivity contribution in [3.63, 3.8) is 0 Å². The first kappa shape index (κ1) is 14.8. The van der Waals surface area contributed by atoms with Crippen LogP contribution in [-0.4, -0.2) is 7.11 Å². The number of methoxy groups -OCH3 is 1. The molecule has 0 aromatic heterocycles. The highest BCUT2D eigenvalue weighted by atomic mass is 32.2. The normalized spacial score (nSPS) is 10.6. The first-order valence-electron chi connectivity index (χ1n) is 6.65. The van der Waals surface area contributed by atoms with Gasteiger partial charge in [0, 0.05) is 23.3 Å². The Morgan fingerprint density at radius 2 is 1.50 bits per heavy atom. The largest absolute Gasteiger partial charge is 0.497 e. The highest BCUT2D eigenvalue weighted by molar-refractivity contribution is 7.97. The molecule has 2 nitrogen and oxygen atoms in total. The number of anilines is 1. The number of benzene rings is 2. The van der Waals surface area contributed by atoms with Gasteiger partial charge in [-0.25, -0.2) is 0 Å². The molecule has 2 aromatic rings. The average molecular weight is 287 g/mol. The van der Waals surface area contributed by atoms with Crippen molar-refractivity contribution in [1.29, 1.82) is 0 Å². The van der Waals surface area contributed by atoms with Crippen LogP contribution >= 0.6 is 11.8 Å². The topological polar surface area (TPSA) is 35.2 Å². The van der Waals surface area contributed by atoms with Crippen molar-refractivity contribution in [2.75, 3.05) is 12.8 Å². The van der Waals surface area contributed by atoms with Crippen LogP contribution in [0.2, 0.25) is 0 Å². The Kier molecular flexibility index (Phi) is 4.96. The van der Waals surface area contributed by atoms with Gasteiger partial charge in [0.1, 0.15) is 5.75 Å². The van der Waals surface area contributed by atoms with Gasteiger partial charge in [0.05, 0.1) is 7.11 Å². The first-order valence-corrected chi connectivity index (χ1v) is 7.80. The number of aryl methyl sites for hydroxylation is 2. The van der Waals surface area contributed by atoms with Crippen LogP contribution in [0.4, 0.5) is 5.69 Å². The number of rotatable bonds is 5. The van der Waals surface area contributed by atoms with E-state index in [2.05, 4.69) is 32.0 Å². The lowest BCUT2D eigenvalue weighted by molar-refractivity contribution is 0.414. The van der Waals surface area contributed by atoms with E-state index in [-0.39, 0.29) is 0 Å². The number of hydrogen-bond donors (Lipinski definition) is 1. The molecule has 0 bridgehead atoms. The fourth-order valence-electron chi connectivity index (χ4n) is 2.33. The molecule has 0 saturated heterocycles. The summed E-state index contributed by atoms with van der Waals surface area (Å²) in [4.78, 5) is 0. The molecule has 0 unspecified atom stereocenters. The third kappa shape index (κ3) is 4.20.